The Balaban J connectivity index is 1.45. The highest BCUT2D eigenvalue weighted by atomic mass is 16.3. The highest BCUT2D eigenvalue weighted by Gasteiger charge is 2.34. The van der Waals surface area contributed by atoms with E-state index in [9.17, 15) is 9.90 Å². The molecule has 120 valence electrons. The Morgan fingerprint density at radius 3 is 2.36 bits per heavy atom. The fourth-order valence-electron chi connectivity index (χ4n) is 4.08. The second kappa shape index (κ2) is 6.82. The van der Waals surface area contributed by atoms with Crippen molar-refractivity contribution in [2.24, 2.45) is 0 Å². The van der Waals surface area contributed by atoms with E-state index in [1.165, 1.54) is 5.56 Å². The molecule has 1 aromatic carbocycles. The van der Waals surface area contributed by atoms with Gasteiger partial charge in [-0.3, -0.25) is 4.79 Å². The molecule has 0 unspecified atom stereocenters. The van der Waals surface area contributed by atoms with E-state index in [1.807, 2.05) is 0 Å². The quantitative estimate of drug-likeness (QED) is 0.894. The van der Waals surface area contributed by atoms with Gasteiger partial charge in [-0.15, -0.1) is 0 Å². The van der Waals surface area contributed by atoms with E-state index in [4.69, 9.17) is 0 Å². The van der Waals surface area contributed by atoms with Crippen molar-refractivity contribution in [3.05, 3.63) is 35.9 Å². The minimum absolute atomic E-state index is 0.0348. The molecule has 22 heavy (non-hydrogen) atoms. The molecule has 0 bridgehead atoms. The summed E-state index contributed by atoms with van der Waals surface area (Å²) < 4.78 is 0. The summed E-state index contributed by atoms with van der Waals surface area (Å²) >= 11 is 0. The van der Waals surface area contributed by atoms with Crippen molar-refractivity contribution in [3.63, 3.8) is 0 Å². The molecule has 0 heterocycles. The third-order valence-corrected chi connectivity index (χ3v) is 5.39. The molecule has 2 fully saturated rings. The summed E-state index contributed by atoms with van der Waals surface area (Å²) in [7, 11) is 0. The van der Waals surface area contributed by atoms with Gasteiger partial charge in [0.25, 0.3) is 0 Å². The number of aliphatic hydroxyl groups is 1. The first kappa shape index (κ1) is 15.5. The van der Waals surface area contributed by atoms with E-state index in [2.05, 4.69) is 35.6 Å². The van der Waals surface area contributed by atoms with Gasteiger partial charge in [0.15, 0.2) is 0 Å². The molecule has 0 radical (unpaired) electrons. The van der Waals surface area contributed by atoms with Crippen LogP contribution in [-0.4, -0.2) is 22.7 Å². The van der Waals surface area contributed by atoms with Gasteiger partial charge in [-0.25, -0.2) is 0 Å². The minimum Gasteiger partial charge on any atom is -0.389 e. The first-order valence-corrected chi connectivity index (χ1v) is 8.71. The van der Waals surface area contributed by atoms with Gasteiger partial charge in [-0.05, 0) is 50.0 Å². The molecule has 3 rings (SSSR count). The van der Waals surface area contributed by atoms with Crippen LogP contribution < -0.4 is 5.32 Å². The zero-order chi connectivity index (χ0) is 15.4. The Labute approximate surface area is 133 Å². The van der Waals surface area contributed by atoms with Gasteiger partial charge in [-0.2, -0.15) is 0 Å². The van der Waals surface area contributed by atoms with Crippen molar-refractivity contribution < 1.29 is 9.90 Å². The van der Waals surface area contributed by atoms with Crippen LogP contribution in [-0.2, 0) is 4.79 Å². The molecular weight excluding hydrogens is 274 g/mol. The molecular formula is C19H27NO2. The summed E-state index contributed by atoms with van der Waals surface area (Å²) in [4.78, 5) is 12.2. The lowest BCUT2D eigenvalue weighted by molar-refractivity contribution is -0.126. The maximum Gasteiger partial charge on any atom is 0.223 e. The van der Waals surface area contributed by atoms with Gasteiger partial charge in [0.1, 0.15) is 0 Å². The van der Waals surface area contributed by atoms with Crippen molar-refractivity contribution >= 4 is 5.91 Å². The summed E-state index contributed by atoms with van der Waals surface area (Å²) in [5, 5.41) is 13.5. The summed E-state index contributed by atoms with van der Waals surface area (Å²) in [5.41, 5.74) is 0.693. The lowest BCUT2D eigenvalue weighted by Crippen LogP contribution is -2.41. The maximum absolute atomic E-state index is 12.2. The number of carbonyl (C=O) groups is 1. The zero-order valence-corrected chi connectivity index (χ0v) is 13.3. The molecule has 0 aliphatic heterocycles. The molecule has 0 spiro atoms. The van der Waals surface area contributed by atoms with E-state index in [0.29, 0.717) is 5.92 Å². The van der Waals surface area contributed by atoms with E-state index in [0.717, 1.165) is 51.4 Å². The lowest BCUT2D eigenvalue weighted by atomic mass is 9.81. The average molecular weight is 301 g/mol. The molecule has 2 aliphatic rings. The average Bonchev–Trinajstić information content (AvgIpc) is 2.95. The van der Waals surface area contributed by atoms with Crippen LogP contribution in [0.25, 0.3) is 0 Å². The minimum atomic E-state index is -0.731. The number of carbonyl (C=O) groups excluding carboxylic acids is 1. The highest BCUT2D eigenvalue weighted by molar-refractivity contribution is 5.77. The summed E-state index contributed by atoms with van der Waals surface area (Å²) in [6.45, 7) is 0. The van der Waals surface area contributed by atoms with Crippen LogP contribution in [0.5, 0.6) is 0 Å². The predicted octanol–water partition coefficient (Wildman–Crippen LogP) is 3.52. The van der Waals surface area contributed by atoms with Gasteiger partial charge in [0, 0.05) is 6.04 Å². The number of benzene rings is 1. The van der Waals surface area contributed by atoms with Crippen LogP contribution in [0.15, 0.2) is 30.3 Å². The number of rotatable bonds is 4. The lowest BCUT2D eigenvalue weighted by Gasteiger charge is -2.30. The normalized spacial score (nSPS) is 27.5. The molecule has 0 aromatic heterocycles. The number of hydrogen-bond acceptors (Lipinski definition) is 2. The Morgan fingerprint density at radius 1 is 1.09 bits per heavy atom. The first-order chi connectivity index (χ1) is 10.6. The van der Waals surface area contributed by atoms with E-state index < -0.39 is 5.60 Å². The summed E-state index contributed by atoms with van der Waals surface area (Å²) in [6, 6.07) is 11.0. The van der Waals surface area contributed by atoms with E-state index >= 15 is 0 Å². The molecule has 1 aromatic rings. The van der Waals surface area contributed by atoms with Gasteiger partial charge < -0.3 is 10.4 Å². The largest absolute Gasteiger partial charge is 0.389 e. The second-order valence-electron chi connectivity index (χ2n) is 7.13. The van der Waals surface area contributed by atoms with Crippen LogP contribution in [0.4, 0.5) is 0 Å². The van der Waals surface area contributed by atoms with Crippen LogP contribution in [0.1, 0.15) is 69.3 Å². The molecule has 0 atom stereocenters. The first-order valence-electron chi connectivity index (χ1n) is 8.71. The SMILES string of the molecule is O=C(CC1(O)CCCC1)NC1CCC(c2ccccc2)CC1. The topological polar surface area (TPSA) is 49.3 Å². The van der Waals surface area contributed by atoms with Crippen LogP contribution >= 0.6 is 0 Å². The van der Waals surface area contributed by atoms with Crippen molar-refractivity contribution in [2.45, 2.75) is 75.3 Å². The Kier molecular flexibility index (Phi) is 4.82. The molecule has 3 nitrogen and oxygen atoms in total. The fraction of sp³-hybridized carbons (Fsp3) is 0.632. The van der Waals surface area contributed by atoms with E-state index in [1.54, 1.807) is 0 Å². The van der Waals surface area contributed by atoms with E-state index in [-0.39, 0.29) is 18.4 Å². The van der Waals surface area contributed by atoms with Crippen molar-refractivity contribution in [3.8, 4) is 0 Å². The molecule has 0 saturated heterocycles. The third-order valence-electron chi connectivity index (χ3n) is 5.39. The third kappa shape index (κ3) is 3.89. The number of amides is 1. The Hall–Kier alpha value is -1.35. The zero-order valence-electron chi connectivity index (χ0n) is 13.3. The van der Waals surface area contributed by atoms with Crippen LogP contribution in [0.2, 0.25) is 0 Å². The van der Waals surface area contributed by atoms with Gasteiger partial charge in [0.05, 0.1) is 12.0 Å². The maximum atomic E-state index is 12.2. The Morgan fingerprint density at radius 2 is 1.73 bits per heavy atom. The second-order valence-corrected chi connectivity index (χ2v) is 7.13. The van der Waals surface area contributed by atoms with Gasteiger partial charge in [0.2, 0.25) is 5.91 Å². The molecule has 3 heteroatoms. The van der Waals surface area contributed by atoms with Crippen molar-refractivity contribution in [2.75, 3.05) is 0 Å². The fourth-order valence-corrected chi connectivity index (χ4v) is 4.08. The smallest absolute Gasteiger partial charge is 0.223 e. The van der Waals surface area contributed by atoms with Crippen molar-refractivity contribution in [1.82, 2.24) is 5.32 Å². The number of hydrogen-bond donors (Lipinski definition) is 2. The molecule has 2 aliphatic carbocycles. The van der Waals surface area contributed by atoms with Gasteiger partial charge >= 0.3 is 0 Å². The summed E-state index contributed by atoms with van der Waals surface area (Å²) in [5.74, 6) is 0.668. The molecule has 2 N–H and O–H groups in total. The van der Waals surface area contributed by atoms with Gasteiger partial charge in [-0.1, -0.05) is 43.2 Å². The molecule has 1 amide bonds. The van der Waals surface area contributed by atoms with Crippen LogP contribution in [0, 0.1) is 0 Å². The standard InChI is InChI=1S/C19H27NO2/c21-18(14-19(22)12-4-5-13-19)20-17-10-8-16(9-11-17)15-6-2-1-3-7-15/h1-3,6-7,16-17,22H,4-5,8-14H2,(H,20,21). The molecule has 2 saturated carbocycles. The van der Waals surface area contributed by atoms with Crippen LogP contribution in [0.3, 0.4) is 0 Å². The Bertz CT molecular complexity index is 485. The summed E-state index contributed by atoms with van der Waals surface area (Å²) in [6.07, 6.45) is 8.30. The predicted molar refractivity (Wildman–Crippen MR) is 87.6 cm³/mol. The monoisotopic (exact) mass is 301 g/mol. The number of nitrogens with one attached hydrogen (secondary N) is 1. The van der Waals surface area contributed by atoms with Crippen molar-refractivity contribution in [1.29, 1.82) is 0 Å². The highest BCUT2D eigenvalue weighted by Crippen LogP contribution is 2.34.